The molecule has 1 amide bonds. The number of fused-ring (bicyclic) bond motifs is 1. The first-order valence-corrected chi connectivity index (χ1v) is 10.8. The average Bonchev–Trinajstić information content (AvgIpc) is 3.04. The number of carbonyl (C=O) groups is 1. The van der Waals surface area contributed by atoms with E-state index >= 15 is 0 Å². The Bertz CT molecular complexity index is 1080. The molecular formula is C23H25N3O3S. The minimum absolute atomic E-state index is 0.0413. The lowest BCUT2D eigenvalue weighted by Crippen LogP contribution is -2.21. The number of aromatic amines is 1. The maximum Gasteiger partial charge on any atom is 0.238 e. The molecule has 3 aromatic rings. The van der Waals surface area contributed by atoms with Crippen LogP contribution in [0.1, 0.15) is 40.1 Å². The lowest BCUT2D eigenvalue weighted by atomic mass is 10.0. The van der Waals surface area contributed by atoms with Crippen molar-refractivity contribution in [3.8, 4) is 11.5 Å². The molecule has 4 rings (SSSR count). The number of benzene rings is 2. The number of nitrogens with zero attached hydrogens (tertiary/aromatic N) is 1. The topological polar surface area (TPSA) is 76.2 Å². The number of H-pyrrole nitrogens is 1. The van der Waals surface area contributed by atoms with Gasteiger partial charge in [0.25, 0.3) is 0 Å². The molecule has 7 heteroatoms. The highest BCUT2D eigenvalue weighted by molar-refractivity contribution is 8.01. The van der Waals surface area contributed by atoms with Crippen molar-refractivity contribution >= 4 is 23.5 Å². The lowest BCUT2D eigenvalue weighted by Gasteiger charge is -2.19. The summed E-state index contributed by atoms with van der Waals surface area (Å²) in [7, 11) is 1.64. The normalized spacial score (nSPS) is 18.3. The molecule has 1 aliphatic rings. The van der Waals surface area contributed by atoms with E-state index in [1.807, 2.05) is 44.2 Å². The zero-order valence-electron chi connectivity index (χ0n) is 17.5. The van der Waals surface area contributed by atoms with Gasteiger partial charge in [0.1, 0.15) is 6.61 Å². The van der Waals surface area contributed by atoms with Crippen LogP contribution in [0.4, 0.5) is 5.82 Å². The zero-order valence-corrected chi connectivity index (χ0v) is 18.3. The number of methoxy groups -OCH3 is 1. The smallest absolute Gasteiger partial charge is 0.238 e. The van der Waals surface area contributed by atoms with Gasteiger partial charge in [-0.3, -0.25) is 9.89 Å². The molecule has 0 bridgehead atoms. The zero-order chi connectivity index (χ0) is 21.3. The molecule has 0 radical (unpaired) electrons. The number of carbonyl (C=O) groups excluding carboxylic acids is 1. The molecule has 0 fully saturated rings. The minimum Gasteiger partial charge on any atom is -0.493 e. The van der Waals surface area contributed by atoms with Crippen molar-refractivity contribution in [1.82, 2.24) is 10.2 Å². The molecule has 0 unspecified atom stereocenters. The highest BCUT2D eigenvalue weighted by Crippen LogP contribution is 2.46. The largest absolute Gasteiger partial charge is 0.493 e. The van der Waals surface area contributed by atoms with E-state index in [0.29, 0.717) is 23.9 Å². The Morgan fingerprint density at radius 3 is 2.70 bits per heavy atom. The molecule has 0 saturated heterocycles. The van der Waals surface area contributed by atoms with Crippen molar-refractivity contribution in [1.29, 1.82) is 0 Å². The third kappa shape index (κ3) is 3.89. The van der Waals surface area contributed by atoms with Crippen LogP contribution in [0, 0.1) is 13.8 Å². The van der Waals surface area contributed by atoms with Crippen molar-refractivity contribution < 1.29 is 14.3 Å². The van der Waals surface area contributed by atoms with Gasteiger partial charge < -0.3 is 14.8 Å². The molecule has 6 nitrogen and oxygen atoms in total. The van der Waals surface area contributed by atoms with E-state index < -0.39 is 0 Å². The van der Waals surface area contributed by atoms with Gasteiger partial charge in [0, 0.05) is 11.3 Å². The van der Waals surface area contributed by atoms with Crippen LogP contribution in [0.2, 0.25) is 0 Å². The van der Waals surface area contributed by atoms with E-state index in [0.717, 1.165) is 22.4 Å². The van der Waals surface area contributed by atoms with Crippen molar-refractivity contribution in [3.05, 3.63) is 70.4 Å². The van der Waals surface area contributed by atoms with Crippen LogP contribution in [0.25, 0.3) is 0 Å². The van der Waals surface area contributed by atoms with E-state index in [-0.39, 0.29) is 16.4 Å². The van der Waals surface area contributed by atoms with Gasteiger partial charge in [0.15, 0.2) is 17.3 Å². The number of amides is 1. The molecule has 1 aliphatic heterocycles. The van der Waals surface area contributed by atoms with Crippen molar-refractivity contribution in [2.75, 3.05) is 12.4 Å². The van der Waals surface area contributed by atoms with Crippen LogP contribution >= 0.6 is 11.8 Å². The summed E-state index contributed by atoms with van der Waals surface area (Å²) in [6.45, 7) is 6.43. The number of rotatable bonds is 5. The standard InChI is InChI=1S/C23H25N3O3S/c1-13-7-5-6-8-17(13)12-29-18-10-9-16(11-19(18)28-4)21-20-14(2)25-26-22(20)24-23(27)15(3)30-21/h5-11,15,21H,12H2,1-4H3,(H2,24,25,26,27)/t15-,21-/m1/s1. The first-order chi connectivity index (χ1) is 14.5. The Morgan fingerprint density at radius 1 is 1.13 bits per heavy atom. The predicted molar refractivity (Wildman–Crippen MR) is 119 cm³/mol. The Balaban J connectivity index is 1.64. The third-order valence-corrected chi connectivity index (χ3v) is 6.74. The second kappa shape index (κ2) is 8.44. The number of ether oxygens (including phenoxy) is 2. The SMILES string of the molecule is COc1cc([C@H]2S[C@H](C)C(=O)Nc3n[nH]c(C)c32)ccc1OCc1ccccc1C. The highest BCUT2D eigenvalue weighted by Gasteiger charge is 2.32. The molecule has 1 aromatic heterocycles. The van der Waals surface area contributed by atoms with E-state index in [4.69, 9.17) is 9.47 Å². The molecule has 2 atom stereocenters. The monoisotopic (exact) mass is 423 g/mol. The van der Waals surface area contributed by atoms with Gasteiger partial charge in [0.05, 0.1) is 17.6 Å². The fraction of sp³-hybridized carbons (Fsp3) is 0.304. The van der Waals surface area contributed by atoms with Crippen LogP contribution in [0.15, 0.2) is 42.5 Å². The summed E-state index contributed by atoms with van der Waals surface area (Å²) in [4.78, 5) is 12.4. The summed E-state index contributed by atoms with van der Waals surface area (Å²) in [6.07, 6.45) is 0. The average molecular weight is 424 g/mol. The number of nitrogens with one attached hydrogen (secondary N) is 2. The number of aryl methyl sites for hydroxylation is 2. The molecule has 2 heterocycles. The van der Waals surface area contributed by atoms with Crippen LogP contribution in [-0.4, -0.2) is 28.5 Å². The molecule has 2 aromatic carbocycles. The van der Waals surface area contributed by atoms with Gasteiger partial charge in [0.2, 0.25) is 5.91 Å². The van der Waals surface area contributed by atoms with Gasteiger partial charge in [-0.05, 0) is 49.6 Å². The molecule has 0 aliphatic carbocycles. The molecule has 0 spiro atoms. The highest BCUT2D eigenvalue weighted by atomic mass is 32.2. The molecular weight excluding hydrogens is 398 g/mol. The van der Waals surface area contributed by atoms with Crippen molar-refractivity contribution in [2.45, 2.75) is 37.9 Å². The van der Waals surface area contributed by atoms with Gasteiger partial charge in [-0.15, -0.1) is 11.8 Å². The molecule has 30 heavy (non-hydrogen) atoms. The minimum atomic E-state index is -0.202. The second-order valence-electron chi connectivity index (χ2n) is 7.38. The van der Waals surface area contributed by atoms with Gasteiger partial charge >= 0.3 is 0 Å². The maximum absolute atomic E-state index is 12.4. The van der Waals surface area contributed by atoms with E-state index in [9.17, 15) is 4.79 Å². The summed E-state index contributed by atoms with van der Waals surface area (Å²) in [6, 6.07) is 14.1. The Labute approximate surface area is 180 Å². The van der Waals surface area contributed by atoms with Gasteiger partial charge in [-0.2, -0.15) is 5.10 Å². The summed E-state index contributed by atoms with van der Waals surface area (Å²) < 4.78 is 11.7. The van der Waals surface area contributed by atoms with Crippen LogP contribution < -0.4 is 14.8 Å². The fourth-order valence-corrected chi connectivity index (χ4v) is 4.86. The predicted octanol–water partition coefficient (Wildman–Crippen LogP) is 4.78. The van der Waals surface area contributed by atoms with Gasteiger partial charge in [-0.25, -0.2) is 0 Å². The first-order valence-electron chi connectivity index (χ1n) is 9.84. The van der Waals surface area contributed by atoms with E-state index in [2.05, 4.69) is 34.6 Å². The fourth-order valence-electron chi connectivity index (χ4n) is 3.55. The van der Waals surface area contributed by atoms with E-state index in [1.54, 1.807) is 18.9 Å². The van der Waals surface area contributed by atoms with Crippen LogP contribution in [0.3, 0.4) is 0 Å². The lowest BCUT2D eigenvalue weighted by molar-refractivity contribution is -0.115. The second-order valence-corrected chi connectivity index (χ2v) is 8.83. The summed E-state index contributed by atoms with van der Waals surface area (Å²) in [5, 5.41) is 9.94. The number of thioether (sulfide) groups is 1. The van der Waals surface area contributed by atoms with Crippen LogP contribution in [0.5, 0.6) is 11.5 Å². The Hall–Kier alpha value is -2.93. The van der Waals surface area contributed by atoms with Crippen LogP contribution in [-0.2, 0) is 11.4 Å². The van der Waals surface area contributed by atoms with E-state index in [1.165, 1.54) is 5.56 Å². The summed E-state index contributed by atoms with van der Waals surface area (Å²) in [5.41, 5.74) is 5.30. The number of aromatic nitrogens is 2. The molecule has 156 valence electrons. The third-order valence-electron chi connectivity index (χ3n) is 5.34. The summed E-state index contributed by atoms with van der Waals surface area (Å²) >= 11 is 1.60. The Kier molecular flexibility index (Phi) is 5.72. The number of hydrogen-bond acceptors (Lipinski definition) is 5. The number of hydrogen-bond donors (Lipinski definition) is 2. The summed E-state index contributed by atoms with van der Waals surface area (Å²) in [5.74, 6) is 1.91. The van der Waals surface area contributed by atoms with Crippen molar-refractivity contribution in [3.63, 3.8) is 0 Å². The molecule has 0 saturated carbocycles. The quantitative estimate of drug-likeness (QED) is 0.618. The maximum atomic E-state index is 12.4. The number of anilines is 1. The van der Waals surface area contributed by atoms with Crippen molar-refractivity contribution in [2.24, 2.45) is 0 Å². The molecule has 2 N–H and O–H groups in total. The Morgan fingerprint density at radius 2 is 1.93 bits per heavy atom. The van der Waals surface area contributed by atoms with Gasteiger partial charge in [-0.1, -0.05) is 30.3 Å². The first kappa shape index (κ1) is 20.3.